The zero-order valence-corrected chi connectivity index (χ0v) is 33.1. The third-order valence-corrected chi connectivity index (χ3v) is 13.9. The minimum Gasteiger partial charge on any atom is -1.00 e. The second kappa shape index (κ2) is 19.2. The van der Waals surface area contributed by atoms with Gasteiger partial charge in [0.05, 0.1) is 0 Å². The number of halogens is 3. The second-order valence-electron chi connectivity index (χ2n) is 11.8. The summed E-state index contributed by atoms with van der Waals surface area (Å²) in [5.74, 6) is 0. The van der Waals surface area contributed by atoms with E-state index in [1.807, 2.05) is 0 Å². The summed E-state index contributed by atoms with van der Waals surface area (Å²) in [6.45, 7) is 13.8. The van der Waals surface area contributed by atoms with Crippen LogP contribution in [0, 0.1) is 6.08 Å². The Morgan fingerprint density at radius 1 is 0.500 bits per heavy atom. The van der Waals surface area contributed by atoms with Crippen LogP contribution in [0.4, 0.5) is 0 Å². The van der Waals surface area contributed by atoms with Crippen molar-refractivity contribution in [3.8, 4) is 0 Å². The van der Waals surface area contributed by atoms with Crippen LogP contribution in [-0.2, 0) is 60.2 Å². The topological polar surface area (TPSA) is 0 Å². The summed E-state index contributed by atoms with van der Waals surface area (Å²) in [7, 11) is -2.70. The van der Waals surface area contributed by atoms with E-state index < -0.39 is 8.07 Å². The van der Waals surface area contributed by atoms with Crippen LogP contribution in [0.5, 0.6) is 0 Å². The van der Waals surface area contributed by atoms with Gasteiger partial charge in [-0.15, -0.1) is 22.9 Å². The van der Waals surface area contributed by atoms with Gasteiger partial charge in [0, 0.05) is 0 Å². The Morgan fingerprint density at radius 3 is 1.13 bits per heavy atom. The van der Waals surface area contributed by atoms with E-state index in [0.717, 1.165) is 44.9 Å². The predicted molar refractivity (Wildman–Crippen MR) is 186 cm³/mol. The molecule has 0 aromatic heterocycles. The molecule has 0 N–H and O–H groups in total. The van der Waals surface area contributed by atoms with Gasteiger partial charge in [-0.05, 0) is 87.5 Å². The molecule has 0 heterocycles. The smallest absolute Gasteiger partial charge is 1.00 e. The molecule has 4 aromatic carbocycles. The summed E-state index contributed by atoms with van der Waals surface area (Å²) in [4.78, 5) is 0. The number of hydrogen-bond donors (Lipinski definition) is 0. The largest absolute Gasteiger partial charge is 4.00 e. The summed E-state index contributed by atoms with van der Waals surface area (Å²) in [5, 5.41) is 6.06. The molecule has 5 rings (SSSR count). The molecule has 1 aliphatic carbocycles. The Morgan fingerprint density at radius 2 is 0.826 bits per heavy atom. The van der Waals surface area contributed by atoms with Crippen molar-refractivity contribution in [2.75, 3.05) is 0 Å². The van der Waals surface area contributed by atoms with Gasteiger partial charge in [-0.25, -0.2) is 0 Å². The van der Waals surface area contributed by atoms with Crippen molar-refractivity contribution < 1.29 is 58.9 Å². The second-order valence-corrected chi connectivity index (χ2v) is 15.6. The third-order valence-electron chi connectivity index (χ3n) is 9.24. The van der Waals surface area contributed by atoms with Gasteiger partial charge in [-0.2, -0.15) is 17.7 Å². The molecular formula is C41H47Cl3SiTi. The van der Waals surface area contributed by atoms with Crippen LogP contribution >= 0.6 is 0 Å². The van der Waals surface area contributed by atoms with Crippen LogP contribution in [0.25, 0.3) is 5.57 Å². The van der Waals surface area contributed by atoms with Crippen LogP contribution in [-0.4, -0.2) is 8.07 Å². The van der Waals surface area contributed by atoms with E-state index in [9.17, 15) is 0 Å². The molecule has 46 heavy (non-hydrogen) atoms. The van der Waals surface area contributed by atoms with Gasteiger partial charge >= 0.3 is 21.7 Å². The Kier molecular flexibility index (Phi) is 17.6. The number of hydrogen-bond acceptors (Lipinski definition) is 0. The Balaban J connectivity index is 0.00000264. The van der Waals surface area contributed by atoms with E-state index in [4.69, 9.17) is 0 Å². The molecule has 0 amide bonds. The maximum Gasteiger partial charge on any atom is 4.00 e. The van der Waals surface area contributed by atoms with Crippen LogP contribution in [0.15, 0.2) is 96.2 Å². The zero-order valence-electron chi connectivity index (χ0n) is 28.2. The van der Waals surface area contributed by atoms with E-state index in [1.165, 1.54) is 65.3 Å². The Labute approximate surface area is 313 Å². The van der Waals surface area contributed by atoms with E-state index >= 15 is 0 Å². The molecule has 240 valence electrons. The molecule has 0 saturated heterocycles. The average molecular weight is 722 g/mol. The minimum absolute atomic E-state index is 0. The van der Waals surface area contributed by atoms with Gasteiger partial charge in [0.2, 0.25) is 0 Å². The van der Waals surface area contributed by atoms with Crippen LogP contribution in [0.3, 0.4) is 0 Å². The minimum atomic E-state index is -2.70. The molecule has 4 aromatic rings. The quantitative estimate of drug-likeness (QED) is 0.109. The number of rotatable bonds is 11. The molecule has 0 fully saturated rings. The van der Waals surface area contributed by atoms with Gasteiger partial charge in [0.25, 0.3) is 0 Å². The van der Waals surface area contributed by atoms with Crippen LogP contribution in [0.1, 0.15) is 86.9 Å². The summed E-state index contributed by atoms with van der Waals surface area (Å²) in [6.07, 6.45) is 13.8. The predicted octanol–water partition coefficient (Wildman–Crippen LogP) is -0.703. The molecule has 0 saturated carbocycles. The van der Waals surface area contributed by atoms with Crippen molar-refractivity contribution in [3.63, 3.8) is 0 Å². The summed E-state index contributed by atoms with van der Waals surface area (Å²) < 4.78 is 0. The molecule has 1 aliphatic rings. The first-order chi connectivity index (χ1) is 20.5. The number of allylic oxidation sites excluding steroid dienone is 4. The summed E-state index contributed by atoms with van der Waals surface area (Å²) in [5.41, 5.74) is 11.2. The Bertz CT molecular complexity index is 1420. The fourth-order valence-corrected chi connectivity index (χ4v) is 11.9. The van der Waals surface area contributed by atoms with Crippen molar-refractivity contribution in [1.82, 2.24) is 0 Å². The molecule has 0 nitrogen and oxygen atoms in total. The fourth-order valence-electron chi connectivity index (χ4n) is 6.71. The fraction of sp³-hybridized carbons (Fsp3) is 0.317. The van der Waals surface area contributed by atoms with Crippen molar-refractivity contribution in [1.29, 1.82) is 0 Å². The van der Waals surface area contributed by atoms with Crippen LogP contribution < -0.4 is 52.8 Å². The van der Waals surface area contributed by atoms with E-state index in [0.29, 0.717) is 0 Å². The van der Waals surface area contributed by atoms with E-state index in [2.05, 4.69) is 139 Å². The normalized spacial score (nSPS) is 12.1. The Hall–Kier alpha value is -1.84. The number of benzene rings is 4. The third kappa shape index (κ3) is 8.60. The first kappa shape index (κ1) is 42.2. The summed E-state index contributed by atoms with van der Waals surface area (Å²) in [6, 6.07) is 33.6. The van der Waals surface area contributed by atoms with Gasteiger partial charge in [0.1, 0.15) is 0 Å². The van der Waals surface area contributed by atoms with Gasteiger partial charge in [-0.1, -0.05) is 121 Å². The molecule has 5 heteroatoms. The van der Waals surface area contributed by atoms with Gasteiger partial charge in [-0.3, -0.25) is 0 Å². The molecule has 0 radical (unpaired) electrons. The van der Waals surface area contributed by atoms with E-state index in [-0.39, 0.29) is 58.9 Å². The molecule has 0 atom stereocenters. The van der Waals surface area contributed by atoms with Crippen molar-refractivity contribution in [2.24, 2.45) is 0 Å². The first-order valence-corrected chi connectivity index (χ1v) is 18.3. The molecule has 0 aliphatic heterocycles. The SMILES string of the molecule is CCc1cc(CC)cc([Si](C2=[C-]C(c3ccccc3)=CC2)(c2cc(CC)cc(CC)c2)c2cc(CC)cc(CC)c2)c1.[Cl-].[Cl-].[Cl-].[Ti+4]. The van der Waals surface area contributed by atoms with E-state index in [1.54, 1.807) is 0 Å². The maximum absolute atomic E-state index is 4.11. The molecule has 0 bridgehead atoms. The maximum atomic E-state index is 4.11. The standard InChI is InChI=1S/C41H47Si.3ClH.Ti/c1-7-30-20-31(8-2)24-39(23-30)42(40-25-32(9-3)21-33(10-4)26-40,41-27-34(11-5)22-35(12-6)28-41)38-19-18-37(29-38)36-16-14-13-15-17-36;;;;/h13-18,20-28H,7-12,19H2,1-6H3;3*1H;/q-1;;;;+4/p-3. The van der Waals surface area contributed by atoms with Crippen molar-refractivity contribution in [3.05, 3.63) is 141 Å². The molecular weight excluding hydrogens is 675 g/mol. The number of aryl methyl sites for hydroxylation is 6. The molecule has 0 spiro atoms. The average Bonchev–Trinajstić information content (AvgIpc) is 3.55. The monoisotopic (exact) mass is 720 g/mol. The van der Waals surface area contributed by atoms with Crippen LogP contribution in [0.2, 0.25) is 0 Å². The van der Waals surface area contributed by atoms with Crippen molar-refractivity contribution >= 4 is 29.2 Å². The van der Waals surface area contributed by atoms with Gasteiger partial charge < -0.3 is 37.2 Å². The zero-order chi connectivity index (χ0) is 29.7. The first-order valence-electron chi connectivity index (χ1n) is 16.3. The van der Waals surface area contributed by atoms with Crippen molar-refractivity contribution in [2.45, 2.75) is 86.5 Å². The molecule has 0 unspecified atom stereocenters. The van der Waals surface area contributed by atoms with Gasteiger partial charge in [0.15, 0.2) is 8.07 Å². The summed E-state index contributed by atoms with van der Waals surface area (Å²) >= 11 is 0.